The molecule has 154 valence electrons. The van der Waals surface area contributed by atoms with Gasteiger partial charge >= 0.3 is 0 Å². The van der Waals surface area contributed by atoms with Crippen LogP contribution >= 0.6 is 11.6 Å². The second-order valence-corrected chi connectivity index (χ2v) is 9.21. The topological polar surface area (TPSA) is 46.0 Å². The van der Waals surface area contributed by atoms with E-state index in [2.05, 4.69) is 46.2 Å². The summed E-state index contributed by atoms with van der Waals surface area (Å²) < 4.78 is 2.01. The van der Waals surface area contributed by atoms with E-state index in [4.69, 9.17) is 11.6 Å². The normalized spacial score (nSPS) is 21.7. The van der Waals surface area contributed by atoms with E-state index >= 15 is 0 Å². The Balaban J connectivity index is 1.41. The first kappa shape index (κ1) is 20.3. The lowest BCUT2D eigenvalue weighted by molar-refractivity contribution is 0.255. The van der Waals surface area contributed by atoms with E-state index in [0.29, 0.717) is 11.2 Å². The van der Waals surface area contributed by atoms with E-state index in [0.717, 1.165) is 35.2 Å². The molecular formula is C23H30ClN5. The number of nitrogens with zero attached hydrogens (tertiary/aromatic N) is 4. The van der Waals surface area contributed by atoms with Gasteiger partial charge in [-0.3, -0.25) is 4.68 Å². The van der Waals surface area contributed by atoms with Crippen molar-refractivity contribution >= 4 is 17.3 Å². The predicted octanol–water partition coefficient (Wildman–Crippen LogP) is 4.27. The maximum Gasteiger partial charge on any atom is 0.131 e. The van der Waals surface area contributed by atoms with Crippen molar-refractivity contribution < 1.29 is 0 Å². The lowest BCUT2D eigenvalue weighted by Gasteiger charge is -2.31. The van der Waals surface area contributed by atoms with Gasteiger partial charge in [0.15, 0.2) is 0 Å². The minimum Gasteiger partial charge on any atom is -0.381 e. The fourth-order valence-electron chi connectivity index (χ4n) is 4.11. The molecule has 0 spiro atoms. The second kappa shape index (κ2) is 9.19. The molecule has 1 N–H and O–H groups in total. The Morgan fingerprint density at radius 3 is 2.59 bits per heavy atom. The molecule has 4 rings (SSSR count). The van der Waals surface area contributed by atoms with Crippen LogP contribution in [0, 0.1) is 23.7 Å². The molecule has 0 amide bonds. The third-order valence-electron chi connectivity index (χ3n) is 5.82. The average Bonchev–Trinajstić information content (AvgIpc) is 3.38. The zero-order valence-electron chi connectivity index (χ0n) is 17.4. The number of anilines is 1. The number of nitrogens with one attached hydrogen (secondary N) is 1. The summed E-state index contributed by atoms with van der Waals surface area (Å²) in [4.78, 5) is 6.53. The van der Waals surface area contributed by atoms with Crippen molar-refractivity contribution in [2.75, 3.05) is 26.0 Å². The van der Waals surface area contributed by atoms with Crippen molar-refractivity contribution in [3.63, 3.8) is 0 Å². The zero-order valence-corrected chi connectivity index (χ0v) is 18.1. The maximum absolute atomic E-state index is 6.17. The summed E-state index contributed by atoms with van der Waals surface area (Å²) in [5.74, 6) is 8.12. The third-order valence-corrected chi connectivity index (χ3v) is 6.02. The zero-order chi connectivity index (χ0) is 20.2. The van der Waals surface area contributed by atoms with Crippen molar-refractivity contribution in [2.24, 2.45) is 11.8 Å². The molecule has 0 unspecified atom stereocenters. The molecule has 2 aliphatic rings. The van der Waals surface area contributed by atoms with Gasteiger partial charge in [0.1, 0.15) is 5.15 Å². The molecule has 2 aromatic heterocycles. The fraction of sp³-hybridized carbons (Fsp3) is 0.565. The van der Waals surface area contributed by atoms with Gasteiger partial charge in [-0.1, -0.05) is 23.4 Å². The summed E-state index contributed by atoms with van der Waals surface area (Å²) in [6, 6.07) is 2.36. The molecule has 2 saturated carbocycles. The van der Waals surface area contributed by atoms with Gasteiger partial charge in [0, 0.05) is 31.5 Å². The third kappa shape index (κ3) is 5.98. The van der Waals surface area contributed by atoms with Crippen molar-refractivity contribution in [3.05, 3.63) is 40.9 Å². The second-order valence-electron chi connectivity index (χ2n) is 8.82. The molecule has 2 aliphatic carbocycles. The molecule has 0 saturated heterocycles. The number of hydrogen-bond acceptors (Lipinski definition) is 4. The van der Waals surface area contributed by atoms with E-state index in [1.807, 2.05) is 23.1 Å². The summed E-state index contributed by atoms with van der Waals surface area (Å²) >= 11 is 6.17. The number of aromatic nitrogens is 3. The maximum atomic E-state index is 6.17. The van der Waals surface area contributed by atoms with Gasteiger partial charge < -0.3 is 10.2 Å². The summed E-state index contributed by atoms with van der Waals surface area (Å²) in [5, 5.41) is 8.60. The Bertz CT molecular complexity index is 882. The van der Waals surface area contributed by atoms with Crippen molar-refractivity contribution in [1.29, 1.82) is 0 Å². The molecular weight excluding hydrogens is 382 g/mol. The van der Waals surface area contributed by atoms with Crippen molar-refractivity contribution in [3.8, 4) is 11.8 Å². The average molecular weight is 412 g/mol. The largest absolute Gasteiger partial charge is 0.381 e. The molecule has 0 bridgehead atoms. The molecule has 29 heavy (non-hydrogen) atoms. The first-order valence-corrected chi connectivity index (χ1v) is 11.0. The number of halogens is 1. The molecule has 0 radical (unpaired) electrons. The smallest absolute Gasteiger partial charge is 0.131 e. The first-order valence-electron chi connectivity index (χ1n) is 10.7. The SMILES string of the molecule is CN(C)CC1CCC(Nc2cc(Cl)ncc2C#Cc2cnn(CC3CC3)c2)CC1. The first-order chi connectivity index (χ1) is 14.0. The van der Waals surface area contributed by atoms with Crippen LogP contribution in [0.1, 0.15) is 49.7 Å². The lowest BCUT2D eigenvalue weighted by atomic mass is 9.85. The van der Waals surface area contributed by atoms with Gasteiger partial charge in [0.25, 0.3) is 0 Å². The Morgan fingerprint density at radius 2 is 1.86 bits per heavy atom. The summed E-state index contributed by atoms with van der Waals surface area (Å²) in [6.45, 7) is 2.19. The highest BCUT2D eigenvalue weighted by Crippen LogP contribution is 2.30. The summed E-state index contributed by atoms with van der Waals surface area (Å²) in [5.41, 5.74) is 2.81. The van der Waals surface area contributed by atoms with E-state index in [9.17, 15) is 0 Å². The van der Waals surface area contributed by atoms with Gasteiger partial charge in [0.2, 0.25) is 0 Å². The fourth-order valence-corrected chi connectivity index (χ4v) is 4.26. The number of rotatable bonds is 6. The van der Waals surface area contributed by atoms with Gasteiger partial charge in [-0.25, -0.2) is 4.98 Å². The van der Waals surface area contributed by atoms with Crippen LogP contribution in [-0.2, 0) is 6.54 Å². The summed E-state index contributed by atoms with van der Waals surface area (Å²) in [6.07, 6.45) is 13.2. The van der Waals surface area contributed by atoms with Gasteiger partial charge in [0.05, 0.1) is 23.0 Å². The van der Waals surface area contributed by atoms with E-state index in [-0.39, 0.29) is 0 Å². The van der Waals surface area contributed by atoms with Gasteiger partial charge in [-0.2, -0.15) is 5.10 Å². The highest BCUT2D eigenvalue weighted by molar-refractivity contribution is 6.29. The molecule has 5 nitrogen and oxygen atoms in total. The van der Waals surface area contributed by atoms with Crippen molar-refractivity contribution in [1.82, 2.24) is 19.7 Å². The molecule has 0 aliphatic heterocycles. The molecule has 2 fully saturated rings. The molecule has 0 aromatic carbocycles. The number of pyridine rings is 1. The van der Waals surface area contributed by atoms with Crippen LogP contribution in [0.15, 0.2) is 24.7 Å². The van der Waals surface area contributed by atoms with Gasteiger partial charge in [-0.05, 0) is 70.5 Å². The van der Waals surface area contributed by atoms with E-state index in [1.165, 1.54) is 45.1 Å². The highest BCUT2D eigenvalue weighted by atomic mass is 35.5. The van der Waals surface area contributed by atoms with Crippen molar-refractivity contribution in [2.45, 2.75) is 51.1 Å². The highest BCUT2D eigenvalue weighted by Gasteiger charge is 2.23. The van der Waals surface area contributed by atoms with Crippen LogP contribution in [-0.4, -0.2) is 46.3 Å². The monoisotopic (exact) mass is 411 g/mol. The van der Waals surface area contributed by atoms with E-state index < -0.39 is 0 Å². The van der Waals surface area contributed by atoms with Crippen LogP contribution in [0.5, 0.6) is 0 Å². The van der Waals surface area contributed by atoms with Crippen LogP contribution < -0.4 is 5.32 Å². The molecule has 2 heterocycles. The quantitative estimate of drug-likeness (QED) is 0.569. The Labute approximate surface area is 178 Å². The van der Waals surface area contributed by atoms with E-state index in [1.54, 1.807) is 6.20 Å². The Hall–Kier alpha value is -2.03. The van der Waals surface area contributed by atoms with Crippen LogP contribution in [0.3, 0.4) is 0 Å². The standard InChI is InChI=1S/C23H30ClN5/c1-28(2)14-17-6-9-21(10-7-17)27-22-11-23(24)25-13-20(22)8-5-19-12-26-29(16-19)15-18-3-4-18/h11-13,16-18,21H,3-4,6-7,9-10,14-15H2,1-2H3,(H,25,27). The van der Waals surface area contributed by atoms with Crippen LogP contribution in [0.25, 0.3) is 0 Å². The van der Waals surface area contributed by atoms with Crippen LogP contribution in [0.2, 0.25) is 5.15 Å². The van der Waals surface area contributed by atoms with Crippen LogP contribution in [0.4, 0.5) is 5.69 Å². The minimum absolute atomic E-state index is 0.466. The van der Waals surface area contributed by atoms with Gasteiger partial charge in [-0.15, -0.1) is 0 Å². The summed E-state index contributed by atoms with van der Waals surface area (Å²) in [7, 11) is 4.31. The Kier molecular flexibility index (Phi) is 6.42. The molecule has 0 atom stereocenters. The predicted molar refractivity (Wildman–Crippen MR) is 118 cm³/mol. The lowest BCUT2D eigenvalue weighted by Crippen LogP contribution is -2.31. The number of hydrogen-bond donors (Lipinski definition) is 1. The Morgan fingerprint density at radius 1 is 1.10 bits per heavy atom. The minimum atomic E-state index is 0.466. The molecule has 6 heteroatoms. The molecule has 2 aromatic rings.